The van der Waals surface area contributed by atoms with Crippen LogP contribution >= 0.6 is 0 Å². The van der Waals surface area contributed by atoms with Crippen LogP contribution < -0.4 is 5.32 Å². The van der Waals surface area contributed by atoms with Crippen molar-refractivity contribution < 1.29 is 0 Å². The standard InChI is InChI=1S/C18H40N2/c1-4-5-6-7-8-9-10-11-12-13-14-15-16-19-17-18-20(2)3/h19H,4-18H2,1-3H3. The van der Waals surface area contributed by atoms with Crippen molar-refractivity contribution in [1.82, 2.24) is 10.2 Å². The second-order valence-corrected chi connectivity index (χ2v) is 6.44. The minimum absolute atomic E-state index is 1.13. The second-order valence-electron chi connectivity index (χ2n) is 6.44. The van der Waals surface area contributed by atoms with Crippen LogP contribution in [-0.4, -0.2) is 38.6 Å². The summed E-state index contributed by atoms with van der Waals surface area (Å²) in [6.07, 6.45) is 17.2. The van der Waals surface area contributed by atoms with E-state index in [2.05, 4.69) is 31.2 Å². The van der Waals surface area contributed by atoms with Crippen molar-refractivity contribution in [3.8, 4) is 0 Å². The smallest absolute Gasteiger partial charge is 0.0101 e. The fourth-order valence-electron chi connectivity index (χ4n) is 2.52. The summed E-state index contributed by atoms with van der Waals surface area (Å²) in [6.45, 7) is 5.77. The summed E-state index contributed by atoms with van der Waals surface area (Å²) in [5.41, 5.74) is 0. The van der Waals surface area contributed by atoms with Crippen LogP contribution in [0.5, 0.6) is 0 Å². The van der Waals surface area contributed by atoms with Crippen LogP contribution in [0.3, 0.4) is 0 Å². The Morgan fingerprint density at radius 3 is 1.50 bits per heavy atom. The first kappa shape index (κ1) is 19.9. The Morgan fingerprint density at radius 2 is 1.05 bits per heavy atom. The molecule has 0 spiro atoms. The van der Waals surface area contributed by atoms with Gasteiger partial charge in [-0.25, -0.2) is 0 Å². The molecule has 0 fully saturated rings. The molecular formula is C18H40N2. The highest BCUT2D eigenvalue weighted by Gasteiger charge is 1.94. The largest absolute Gasteiger partial charge is 0.315 e. The molecule has 0 aliphatic carbocycles. The van der Waals surface area contributed by atoms with Gasteiger partial charge in [0, 0.05) is 13.1 Å². The third kappa shape index (κ3) is 17.9. The lowest BCUT2D eigenvalue weighted by molar-refractivity contribution is 0.398. The third-order valence-corrected chi connectivity index (χ3v) is 3.94. The first-order valence-corrected chi connectivity index (χ1v) is 9.12. The van der Waals surface area contributed by atoms with E-state index in [9.17, 15) is 0 Å². The van der Waals surface area contributed by atoms with Crippen molar-refractivity contribution in [2.75, 3.05) is 33.7 Å². The molecular weight excluding hydrogens is 244 g/mol. The summed E-state index contributed by atoms with van der Waals surface area (Å²) < 4.78 is 0. The second kappa shape index (κ2) is 17.0. The van der Waals surface area contributed by atoms with Crippen molar-refractivity contribution in [1.29, 1.82) is 0 Å². The maximum absolute atomic E-state index is 3.51. The molecule has 0 aliphatic rings. The molecule has 0 atom stereocenters. The lowest BCUT2D eigenvalue weighted by Crippen LogP contribution is -2.27. The quantitative estimate of drug-likeness (QED) is 0.408. The molecule has 0 saturated carbocycles. The van der Waals surface area contributed by atoms with Gasteiger partial charge < -0.3 is 10.2 Å². The number of unbranched alkanes of at least 4 members (excludes halogenated alkanes) is 11. The Kier molecular flexibility index (Phi) is 16.9. The highest BCUT2D eigenvalue weighted by molar-refractivity contribution is 4.52. The Morgan fingerprint density at radius 1 is 0.600 bits per heavy atom. The van der Waals surface area contributed by atoms with E-state index in [-0.39, 0.29) is 0 Å². The Labute approximate surface area is 128 Å². The zero-order valence-corrected chi connectivity index (χ0v) is 14.6. The van der Waals surface area contributed by atoms with E-state index in [1.807, 2.05) is 0 Å². The number of nitrogens with zero attached hydrogens (tertiary/aromatic N) is 1. The predicted molar refractivity (Wildman–Crippen MR) is 92.5 cm³/mol. The van der Waals surface area contributed by atoms with Crippen LogP contribution in [0, 0.1) is 0 Å². The topological polar surface area (TPSA) is 15.3 Å². The molecule has 1 N–H and O–H groups in total. The lowest BCUT2D eigenvalue weighted by Gasteiger charge is -2.10. The SMILES string of the molecule is CCCCCCCCCCCCCCNCCN(C)C. The van der Waals surface area contributed by atoms with Crippen LogP contribution in [0.15, 0.2) is 0 Å². The summed E-state index contributed by atoms with van der Waals surface area (Å²) in [4.78, 5) is 2.23. The van der Waals surface area contributed by atoms with Gasteiger partial charge >= 0.3 is 0 Å². The van der Waals surface area contributed by atoms with Gasteiger partial charge in [-0.05, 0) is 27.1 Å². The molecule has 0 aromatic carbocycles. The van der Waals surface area contributed by atoms with Crippen LogP contribution in [0.4, 0.5) is 0 Å². The number of rotatable bonds is 16. The number of nitrogens with one attached hydrogen (secondary N) is 1. The highest BCUT2D eigenvalue weighted by Crippen LogP contribution is 2.11. The van der Waals surface area contributed by atoms with Crippen LogP contribution in [0.2, 0.25) is 0 Å². The Hall–Kier alpha value is -0.0800. The molecule has 20 heavy (non-hydrogen) atoms. The van der Waals surface area contributed by atoms with E-state index in [4.69, 9.17) is 0 Å². The maximum Gasteiger partial charge on any atom is 0.0101 e. The minimum Gasteiger partial charge on any atom is -0.315 e. The molecule has 0 aliphatic heterocycles. The highest BCUT2D eigenvalue weighted by atomic mass is 15.1. The van der Waals surface area contributed by atoms with Gasteiger partial charge in [0.2, 0.25) is 0 Å². The van der Waals surface area contributed by atoms with Crippen molar-refractivity contribution in [2.24, 2.45) is 0 Å². The van der Waals surface area contributed by atoms with Gasteiger partial charge in [-0.1, -0.05) is 77.6 Å². The van der Waals surface area contributed by atoms with E-state index in [0.717, 1.165) is 13.1 Å². The summed E-state index contributed by atoms with van der Waals surface area (Å²) >= 11 is 0. The molecule has 0 saturated heterocycles. The molecule has 0 bridgehead atoms. The normalized spacial score (nSPS) is 11.4. The molecule has 2 nitrogen and oxygen atoms in total. The minimum atomic E-state index is 1.13. The van der Waals surface area contributed by atoms with Crippen LogP contribution in [0.25, 0.3) is 0 Å². The zero-order valence-electron chi connectivity index (χ0n) is 14.6. The molecule has 0 aromatic heterocycles. The Balaban J connectivity index is 2.92. The first-order chi connectivity index (χ1) is 9.77. The molecule has 0 unspecified atom stereocenters. The van der Waals surface area contributed by atoms with Crippen molar-refractivity contribution in [3.63, 3.8) is 0 Å². The zero-order chi connectivity index (χ0) is 14.9. The van der Waals surface area contributed by atoms with Crippen LogP contribution in [-0.2, 0) is 0 Å². The molecule has 0 rings (SSSR count). The maximum atomic E-state index is 3.51. The summed E-state index contributed by atoms with van der Waals surface area (Å²) in [6, 6.07) is 0. The van der Waals surface area contributed by atoms with E-state index in [0.29, 0.717) is 0 Å². The predicted octanol–water partition coefficient (Wildman–Crippen LogP) is 4.84. The third-order valence-electron chi connectivity index (χ3n) is 3.94. The monoisotopic (exact) mass is 284 g/mol. The van der Waals surface area contributed by atoms with Gasteiger partial charge in [0.1, 0.15) is 0 Å². The van der Waals surface area contributed by atoms with Gasteiger partial charge in [0.15, 0.2) is 0 Å². The summed E-state index contributed by atoms with van der Waals surface area (Å²) in [7, 11) is 4.26. The molecule has 2 heteroatoms. The average molecular weight is 285 g/mol. The van der Waals surface area contributed by atoms with Crippen molar-refractivity contribution in [3.05, 3.63) is 0 Å². The lowest BCUT2D eigenvalue weighted by atomic mass is 10.1. The fourth-order valence-corrected chi connectivity index (χ4v) is 2.52. The molecule has 122 valence electrons. The Bertz CT molecular complexity index is 169. The first-order valence-electron chi connectivity index (χ1n) is 9.12. The van der Waals surface area contributed by atoms with Crippen LogP contribution in [0.1, 0.15) is 84.0 Å². The van der Waals surface area contributed by atoms with Crippen molar-refractivity contribution in [2.45, 2.75) is 84.0 Å². The molecule has 0 radical (unpaired) electrons. The van der Waals surface area contributed by atoms with Gasteiger partial charge in [0.05, 0.1) is 0 Å². The number of likely N-dealkylation sites (N-methyl/N-ethyl adjacent to an activating group) is 1. The molecule has 0 heterocycles. The van der Waals surface area contributed by atoms with Gasteiger partial charge in [-0.15, -0.1) is 0 Å². The summed E-state index contributed by atoms with van der Waals surface area (Å²) in [5, 5.41) is 3.51. The van der Waals surface area contributed by atoms with Crippen molar-refractivity contribution >= 4 is 0 Å². The molecule has 0 aromatic rings. The van der Waals surface area contributed by atoms with Gasteiger partial charge in [-0.3, -0.25) is 0 Å². The van der Waals surface area contributed by atoms with E-state index < -0.39 is 0 Å². The van der Waals surface area contributed by atoms with Gasteiger partial charge in [0.25, 0.3) is 0 Å². The number of hydrogen-bond donors (Lipinski definition) is 1. The number of hydrogen-bond acceptors (Lipinski definition) is 2. The average Bonchev–Trinajstić information content (AvgIpc) is 2.43. The van der Waals surface area contributed by atoms with Gasteiger partial charge in [-0.2, -0.15) is 0 Å². The van der Waals surface area contributed by atoms with E-state index in [1.54, 1.807) is 0 Å². The fraction of sp³-hybridized carbons (Fsp3) is 1.00. The molecule has 0 amide bonds. The van der Waals surface area contributed by atoms with E-state index >= 15 is 0 Å². The summed E-state index contributed by atoms with van der Waals surface area (Å²) in [5.74, 6) is 0. The van der Waals surface area contributed by atoms with E-state index in [1.165, 1.54) is 83.6 Å².